The van der Waals surface area contributed by atoms with Crippen LogP contribution in [-0.4, -0.2) is 12.0 Å². The van der Waals surface area contributed by atoms with Crippen molar-refractivity contribution in [3.05, 3.63) is 90.0 Å². The van der Waals surface area contributed by atoms with Gasteiger partial charge in [-0.15, -0.1) is 0 Å². The number of rotatable bonds is 8. The lowest BCUT2D eigenvalue weighted by atomic mass is 10.0. The van der Waals surface area contributed by atoms with E-state index in [9.17, 15) is 23.2 Å². The predicted molar refractivity (Wildman–Crippen MR) is 121 cm³/mol. The van der Waals surface area contributed by atoms with Gasteiger partial charge in [-0.25, -0.2) is 4.79 Å². The van der Waals surface area contributed by atoms with Gasteiger partial charge < -0.3 is 14.8 Å². The zero-order valence-corrected chi connectivity index (χ0v) is 18.5. The molecule has 0 saturated heterocycles. The molecule has 0 spiro atoms. The van der Waals surface area contributed by atoms with Gasteiger partial charge in [0, 0.05) is 11.3 Å². The highest BCUT2D eigenvalue weighted by molar-refractivity contribution is 5.80. The normalized spacial score (nSPS) is 13.0. The Labute approximate surface area is 195 Å². The number of benzene rings is 3. The van der Waals surface area contributed by atoms with E-state index in [4.69, 9.17) is 9.47 Å². The van der Waals surface area contributed by atoms with Gasteiger partial charge in [-0.05, 0) is 54.4 Å². The summed E-state index contributed by atoms with van der Waals surface area (Å²) in [6.07, 6.45) is -5.64. The first kappa shape index (κ1) is 24.6. The molecule has 3 rings (SSSR count). The van der Waals surface area contributed by atoms with E-state index in [1.807, 2.05) is 24.3 Å². The third-order valence-corrected chi connectivity index (χ3v) is 4.95. The highest BCUT2D eigenvalue weighted by Crippen LogP contribution is 2.30. The molecule has 34 heavy (non-hydrogen) atoms. The first-order valence-electron chi connectivity index (χ1n) is 10.5. The summed E-state index contributed by atoms with van der Waals surface area (Å²) >= 11 is 0. The number of carbonyl (C=O) groups excluding carboxylic acids is 1. The molecule has 8 heteroatoms. The van der Waals surface area contributed by atoms with Crippen LogP contribution < -0.4 is 10.1 Å². The Balaban J connectivity index is 1.72. The number of alkyl halides is 3. The van der Waals surface area contributed by atoms with Crippen molar-refractivity contribution in [3.63, 3.8) is 0 Å². The topological polar surface area (TPSA) is 71.3 Å². The summed E-state index contributed by atoms with van der Waals surface area (Å²) in [4.78, 5) is 12.9. The van der Waals surface area contributed by atoms with Gasteiger partial charge >= 0.3 is 12.1 Å². The maximum atomic E-state index is 12.9. The summed E-state index contributed by atoms with van der Waals surface area (Å²) in [5, 5.41) is 12.5. The van der Waals surface area contributed by atoms with E-state index < -0.39 is 29.9 Å². The lowest BCUT2D eigenvalue weighted by molar-refractivity contribution is -0.149. The summed E-state index contributed by atoms with van der Waals surface area (Å²) in [6, 6.07) is 21.2. The third kappa shape index (κ3) is 6.51. The molecule has 0 unspecified atom stereocenters. The van der Waals surface area contributed by atoms with E-state index in [0.29, 0.717) is 22.7 Å². The molecule has 3 aromatic carbocycles. The molecule has 0 heterocycles. The smallest absolute Gasteiger partial charge is 0.416 e. The van der Waals surface area contributed by atoms with E-state index >= 15 is 0 Å². The zero-order chi connectivity index (χ0) is 24.7. The number of nitrogens with zero attached hydrogens (tertiary/aromatic N) is 1. The molecular weight excluding hydrogens is 445 g/mol. The average molecular weight is 468 g/mol. The molecule has 0 aromatic heterocycles. The van der Waals surface area contributed by atoms with Crippen molar-refractivity contribution < 1.29 is 27.4 Å². The molecule has 0 bridgehead atoms. The minimum atomic E-state index is -4.45. The van der Waals surface area contributed by atoms with Gasteiger partial charge in [0.05, 0.1) is 5.56 Å². The molecule has 0 fully saturated rings. The number of anilines is 1. The Hall–Kier alpha value is -3.99. The Kier molecular flexibility index (Phi) is 7.79. The molecule has 0 aliphatic rings. The second-order valence-electron chi connectivity index (χ2n) is 7.87. The fraction of sp³-hybridized carbons (Fsp3) is 0.231. The standard InChI is InChI=1S/C26H23F3N2O3/c1-17(2)24(31-20-13-11-19(12-14-20)26(27,28)29)25(32)34-23(16-30)18-7-6-10-22(15-18)33-21-8-4-3-5-9-21/h3-15,17,23-24,31H,1-2H3/t23-,24-/m0/s1. The average Bonchev–Trinajstić information content (AvgIpc) is 2.81. The molecule has 1 N–H and O–H groups in total. The maximum absolute atomic E-state index is 12.9. The molecule has 0 aliphatic carbocycles. The number of halogens is 3. The van der Waals surface area contributed by atoms with Crippen LogP contribution in [-0.2, 0) is 15.7 Å². The molecule has 5 nitrogen and oxygen atoms in total. The number of nitriles is 1. The lowest BCUT2D eigenvalue weighted by Crippen LogP contribution is -2.36. The molecular formula is C26H23F3N2O3. The molecule has 0 aliphatic heterocycles. The third-order valence-electron chi connectivity index (χ3n) is 4.95. The number of hydrogen-bond donors (Lipinski definition) is 1. The van der Waals surface area contributed by atoms with Crippen molar-refractivity contribution in [3.8, 4) is 17.6 Å². The van der Waals surface area contributed by atoms with Crippen LogP contribution in [0.5, 0.6) is 11.5 Å². The van der Waals surface area contributed by atoms with Gasteiger partial charge in [-0.1, -0.05) is 44.2 Å². The van der Waals surface area contributed by atoms with E-state index in [1.54, 1.807) is 50.2 Å². The largest absolute Gasteiger partial charge is 0.457 e. The summed E-state index contributed by atoms with van der Waals surface area (Å²) in [7, 11) is 0. The number of nitrogens with one attached hydrogen (secondary N) is 1. The van der Waals surface area contributed by atoms with Crippen molar-refractivity contribution >= 4 is 11.7 Å². The van der Waals surface area contributed by atoms with Crippen molar-refractivity contribution in [2.75, 3.05) is 5.32 Å². The number of para-hydroxylation sites is 1. The van der Waals surface area contributed by atoms with Gasteiger partial charge in [0.2, 0.25) is 6.10 Å². The molecule has 2 atom stereocenters. The Morgan fingerprint density at radius 3 is 2.18 bits per heavy atom. The summed E-state index contributed by atoms with van der Waals surface area (Å²) < 4.78 is 49.6. The van der Waals surface area contributed by atoms with Crippen LogP contribution in [0.3, 0.4) is 0 Å². The minimum Gasteiger partial charge on any atom is -0.457 e. The van der Waals surface area contributed by atoms with Crippen LogP contribution in [0, 0.1) is 17.2 Å². The quantitative estimate of drug-likeness (QED) is 0.371. The van der Waals surface area contributed by atoms with Crippen LogP contribution in [0.1, 0.15) is 31.1 Å². The van der Waals surface area contributed by atoms with Gasteiger partial charge in [0.15, 0.2) is 0 Å². The van der Waals surface area contributed by atoms with E-state index in [1.165, 1.54) is 12.1 Å². The lowest BCUT2D eigenvalue weighted by Gasteiger charge is -2.23. The van der Waals surface area contributed by atoms with Gasteiger partial charge in [-0.3, -0.25) is 0 Å². The number of carbonyl (C=O) groups is 1. The SMILES string of the molecule is CC(C)[C@H](Nc1ccc(C(F)(F)F)cc1)C(=O)O[C@@H](C#N)c1cccc(Oc2ccccc2)c1. The second-order valence-corrected chi connectivity index (χ2v) is 7.87. The first-order chi connectivity index (χ1) is 16.2. The fourth-order valence-corrected chi connectivity index (χ4v) is 3.16. The first-order valence-corrected chi connectivity index (χ1v) is 10.5. The van der Waals surface area contributed by atoms with Gasteiger partial charge in [-0.2, -0.15) is 18.4 Å². The van der Waals surface area contributed by atoms with Crippen LogP contribution in [0.15, 0.2) is 78.9 Å². The molecule has 0 radical (unpaired) electrons. The van der Waals surface area contributed by atoms with Crippen LogP contribution in [0.2, 0.25) is 0 Å². The highest BCUT2D eigenvalue weighted by Gasteiger charge is 2.31. The summed E-state index contributed by atoms with van der Waals surface area (Å²) in [5.74, 6) is 0.131. The number of hydrogen-bond acceptors (Lipinski definition) is 5. The van der Waals surface area contributed by atoms with Gasteiger partial charge in [0.25, 0.3) is 0 Å². The number of ether oxygens (including phenoxy) is 2. The molecule has 176 valence electrons. The Morgan fingerprint density at radius 1 is 0.941 bits per heavy atom. The van der Waals surface area contributed by atoms with Crippen LogP contribution in [0.25, 0.3) is 0 Å². The maximum Gasteiger partial charge on any atom is 0.416 e. The Bertz CT molecular complexity index is 1140. The summed E-state index contributed by atoms with van der Waals surface area (Å²) in [6.45, 7) is 3.53. The van der Waals surface area contributed by atoms with E-state index in [-0.39, 0.29) is 5.92 Å². The number of esters is 1. The van der Waals surface area contributed by atoms with Crippen LogP contribution >= 0.6 is 0 Å². The molecule has 0 amide bonds. The van der Waals surface area contributed by atoms with Gasteiger partial charge in [0.1, 0.15) is 23.6 Å². The second kappa shape index (κ2) is 10.8. The van der Waals surface area contributed by atoms with Crippen molar-refractivity contribution in [1.82, 2.24) is 0 Å². The minimum absolute atomic E-state index is 0.262. The monoisotopic (exact) mass is 468 g/mol. The zero-order valence-electron chi connectivity index (χ0n) is 18.5. The van der Waals surface area contributed by atoms with E-state index in [0.717, 1.165) is 12.1 Å². The van der Waals surface area contributed by atoms with Crippen LogP contribution in [0.4, 0.5) is 18.9 Å². The predicted octanol–water partition coefficient (Wildman–Crippen LogP) is 6.74. The molecule has 3 aromatic rings. The fourth-order valence-electron chi connectivity index (χ4n) is 3.16. The highest BCUT2D eigenvalue weighted by atomic mass is 19.4. The van der Waals surface area contributed by atoms with E-state index in [2.05, 4.69) is 5.32 Å². The van der Waals surface area contributed by atoms with Crippen molar-refractivity contribution in [1.29, 1.82) is 5.26 Å². The van der Waals surface area contributed by atoms with Crippen molar-refractivity contribution in [2.24, 2.45) is 5.92 Å². The summed E-state index contributed by atoms with van der Waals surface area (Å²) in [5.41, 5.74) is -0.0272. The Morgan fingerprint density at radius 2 is 1.59 bits per heavy atom. The van der Waals surface area contributed by atoms with Crippen molar-refractivity contribution in [2.45, 2.75) is 32.2 Å². The molecule has 0 saturated carbocycles.